The van der Waals surface area contributed by atoms with Crippen LogP contribution in [0, 0.1) is 11.3 Å². The van der Waals surface area contributed by atoms with Crippen LogP contribution in [0.3, 0.4) is 0 Å². The Morgan fingerprint density at radius 1 is 1.86 bits per heavy atom. The summed E-state index contributed by atoms with van der Waals surface area (Å²) in [5.41, 5.74) is 2.28. The van der Waals surface area contributed by atoms with E-state index in [0.29, 0.717) is 0 Å². The summed E-state index contributed by atoms with van der Waals surface area (Å²) in [7, 11) is 1.40. The predicted octanol–water partition coefficient (Wildman–Crippen LogP) is 0.825. The fraction of sp³-hybridized carbons (Fsp3) is 0.200. The van der Waals surface area contributed by atoms with Crippen molar-refractivity contribution in [2.24, 2.45) is 0 Å². The summed E-state index contributed by atoms with van der Waals surface area (Å²) in [6.07, 6.45) is 0. The number of hydrogen-bond donors (Lipinski definition) is 0. The highest BCUT2D eigenvalue weighted by Gasteiger charge is 1.81. The first-order chi connectivity index (χ1) is 3.35. The largest absolute Gasteiger partial charge is 0.481 e. The van der Waals surface area contributed by atoms with Gasteiger partial charge in [0.1, 0.15) is 6.07 Å². The van der Waals surface area contributed by atoms with Gasteiger partial charge in [0.2, 0.25) is 5.76 Å². The summed E-state index contributed by atoms with van der Waals surface area (Å²) in [5, 5.41) is 8.01. The van der Waals surface area contributed by atoms with Gasteiger partial charge >= 0.3 is 0 Å². The third kappa shape index (κ3) is 1.64. The highest BCUT2D eigenvalue weighted by Crippen LogP contribution is 1.84. The molecule has 0 amide bonds. The van der Waals surface area contributed by atoms with Gasteiger partial charge in [-0.15, -0.1) is 0 Å². The van der Waals surface area contributed by atoms with E-state index in [-0.39, 0.29) is 5.76 Å². The number of allylic oxidation sites excluding steroid dienone is 1. The van der Waals surface area contributed by atoms with E-state index in [1.807, 2.05) is 0 Å². The van der Waals surface area contributed by atoms with E-state index >= 15 is 0 Å². The fourth-order valence-corrected chi connectivity index (χ4v) is 0.157. The Bertz CT molecular complexity index is 137. The van der Waals surface area contributed by atoms with Gasteiger partial charge in [0, 0.05) is 0 Å². The van der Waals surface area contributed by atoms with Crippen LogP contribution in [0.15, 0.2) is 18.1 Å². The highest BCUT2D eigenvalue weighted by atomic mass is 16.5. The number of methoxy groups -OCH3 is 1. The second-order valence-corrected chi connectivity index (χ2v) is 0.822. The van der Waals surface area contributed by atoms with E-state index in [1.165, 1.54) is 7.11 Å². The lowest BCUT2D eigenvalue weighted by Gasteiger charge is -1.84. The van der Waals surface area contributed by atoms with E-state index in [9.17, 15) is 0 Å². The average molecular weight is 95.1 g/mol. The third-order valence-electron chi connectivity index (χ3n) is 0.466. The summed E-state index contributed by atoms with van der Waals surface area (Å²) < 4.78 is 4.43. The van der Waals surface area contributed by atoms with Crippen molar-refractivity contribution >= 4 is 0 Å². The summed E-state index contributed by atoms with van der Waals surface area (Å²) in [5.74, 6) is 0.125. The molecule has 0 aliphatic carbocycles. The lowest BCUT2D eigenvalue weighted by Crippen LogP contribution is -1.75. The molecule has 0 bridgehead atoms. The maximum Gasteiger partial charge on any atom is 0.241 e. The van der Waals surface area contributed by atoms with Crippen LogP contribution in [0.25, 0.3) is 0 Å². The Kier molecular flexibility index (Phi) is 2.50. The molecular weight excluding hydrogens is 90.1 g/mol. The number of hydrogen-bond acceptors (Lipinski definition) is 2. The van der Waals surface area contributed by atoms with Crippen molar-refractivity contribution in [3.63, 3.8) is 0 Å². The monoisotopic (exact) mass is 95.0 g/mol. The van der Waals surface area contributed by atoms with Crippen LogP contribution in [0.5, 0.6) is 0 Å². The van der Waals surface area contributed by atoms with Crippen LogP contribution in [-0.4, -0.2) is 7.11 Å². The van der Waals surface area contributed by atoms with Gasteiger partial charge in [-0.25, -0.2) is 0 Å². The van der Waals surface area contributed by atoms with Gasteiger partial charge in [-0.2, -0.15) is 5.26 Å². The molecule has 0 aromatic heterocycles. The van der Waals surface area contributed by atoms with E-state index in [1.54, 1.807) is 6.07 Å². The molecule has 0 rings (SSSR count). The minimum atomic E-state index is 0.125. The van der Waals surface area contributed by atoms with Crippen molar-refractivity contribution in [2.45, 2.75) is 0 Å². The highest BCUT2D eigenvalue weighted by molar-refractivity contribution is 5.09. The minimum Gasteiger partial charge on any atom is -0.481 e. The first kappa shape index (κ1) is 5.81. The summed E-state index contributed by atoms with van der Waals surface area (Å²) >= 11 is 0. The quantitative estimate of drug-likeness (QED) is 0.274. The molecule has 0 spiro atoms. The van der Waals surface area contributed by atoms with E-state index in [4.69, 9.17) is 5.26 Å². The molecule has 0 radical (unpaired) electrons. The Morgan fingerprint density at radius 2 is 2.43 bits per heavy atom. The zero-order valence-corrected chi connectivity index (χ0v) is 4.06. The summed E-state index contributed by atoms with van der Waals surface area (Å²) in [4.78, 5) is 0. The Morgan fingerprint density at radius 3 is 2.43 bits per heavy atom. The van der Waals surface area contributed by atoms with Crippen molar-refractivity contribution in [1.82, 2.24) is 0 Å². The standard InChI is InChI=1S/C5H5NO/c1-3-5(4-6)7-2/h1H2,2H3. The van der Waals surface area contributed by atoms with E-state index in [2.05, 4.69) is 17.0 Å². The summed E-state index contributed by atoms with van der Waals surface area (Å²) in [6, 6.07) is 1.72. The van der Waals surface area contributed by atoms with Crippen molar-refractivity contribution in [3.05, 3.63) is 18.1 Å². The first-order valence-electron chi connectivity index (χ1n) is 1.69. The van der Waals surface area contributed by atoms with Crippen molar-refractivity contribution in [1.29, 1.82) is 5.26 Å². The van der Waals surface area contributed by atoms with Crippen molar-refractivity contribution in [3.8, 4) is 6.07 Å². The Hall–Kier alpha value is -1.19. The second kappa shape index (κ2) is 3.02. The van der Waals surface area contributed by atoms with Crippen LogP contribution in [0.4, 0.5) is 0 Å². The molecular formula is C5H5NO. The smallest absolute Gasteiger partial charge is 0.241 e. The van der Waals surface area contributed by atoms with Gasteiger partial charge in [-0.3, -0.25) is 0 Å². The molecule has 0 unspecified atom stereocenters. The zero-order chi connectivity index (χ0) is 5.70. The topological polar surface area (TPSA) is 33.0 Å². The molecule has 0 aromatic carbocycles. The van der Waals surface area contributed by atoms with Gasteiger partial charge in [0.25, 0.3) is 0 Å². The fourth-order valence-electron chi connectivity index (χ4n) is 0.157. The lowest BCUT2D eigenvalue weighted by molar-refractivity contribution is 0.311. The molecule has 0 heterocycles. The molecule has 7 heavy (non-hydrogen) atoms. The van der Waals surface area contributed by atoms with Crippen molar-refractivity contribution in [2.75, 3.05) is 7.11 Å². The van der Waals surface area contributed by atoms with Gasteiger partial charge in [0.15, 0.2) is 0 Å². The van der Waals surface area contributed by atoms with Gasteiger partial charge in [0.05, 0.1) is 7.11 Å². The SMILES string of the molecule is C=C=C(C#N)OC. The van der Waals surface area contributed by atoms with E-state index < -0.39 is 0 Å². The Labute approximate surface area is 42.3 Å². The van der Waals surface area contributed by atoms with Gasteiger partial charge in [-0.1, -0.05) is 12.3 Å². The predicted molar refractivity (Wildman–Crippen MR) is 25.3 cm³/mol. The first-order valence-corrected chi connectivity index (χ1v) is 1.69. The molecule has 2 nitrogen and oxygen atoms in total. The molecule has 0 atom stereocenters. The van der Waals surface area contributed by atoms with Gasteiger partial charge < -0.3 is 4.74 Å². The third-order valence-corrected chi connectivity index (χ3v) is 0.466. The van der Waals surface area contributed by atoms with Gasteiger partial charge in [-0.05, 0) is 0 Å². The number of ether oxygens (including phenoxy) is 1. The summed E-state index contributed by atoms with van der Waals surface area (Å²) in [6.45, 7) is 3.19. The molecule has 2 heteroatoms. The molecule has 0 aromatic rings. The van der Waals surface area contributed by atoms with E-state index in [0.717, 1.165) is 0 Å². The molecule has 36 valence electrons. The number of nitriles is 1. The lowest BCUT2D eigenvalue weighted by atomic mass is 10.6. The maximum absolute atomic E-state index is 8.01. The van der Waals surface area contributed by atoms with Crippen LogP contribution < -0.4 is 0 Å². The number of rotatable bonds is 1. The zero-order valence-electron chi connectivity index (χ0n) is 4.06. The average Bonchev–Trinajstić information content (AvgIpc) is 1.72. The van der Waals surface area contributed by atoms with Crippen molar-refractivity contribution < 1.29 is 4.74 Å². The van der Waals surface area contributed by atoms with Crippen LogP contribution in [0.2, 0.25) is 0 Å². The maximum atomic E-state index is 8.01. The molecule has 0 aliphatic heterocycles. The molecule has 0 saturated carbocycles. The molecule has 0 fully saturated rings. The molecule has 0 saturated heterocycles. The molecule has 0 aliphatic rings. The second-order valence-electron chi connectivity index (χ2n) is 0.822. The van der Waals surface area contributed by atoms with Crippen LogP contribution in [0.1, 0.15) is 0 Å². The number of nitrogens with zero attached hydrogens (tertiary/aromatic N) is 1. The van der Waals surface area contributed by atoms with Crippen LogP contribution in [-0.2, 0) is 4.74 Å². The normalized spacial score (nSPS) is 5.71. The minimum absolute atomic E-state index is 0.125. The van der Waals surface area contributed by atoms with Crippen LogP contribution >= 0.6 is 0 Å². The Balaban J connectivity index is 3.95. The molecule has 0 N–H and O–H groups in total.